The van der Waals surface area contributed by atoms with Crippen molar-refractivity contribution in [2.75, 3.05) is 25.0 Å². The van der Waals surface area contributed by atoms with Crippen molar-refractivity contribution in [2.45, 2.75) is 19.3 Å². The maximum absolute atomic E-state index is 12.7. The molecule has 158 valence electrons. The molecule has 0 bridgehead atoms. The summed E-state index contributed by atoms with van der Waals surface area (Å²) in [5.41, 5.74) is 0.795. The third-order valence-electron chi connectivity index (χ3n) is 5.60. The number of benzene rings is 1. The fourth-order valence-electron chi connectivity index (χ4n) is 3.65. The zero-order valence-electron chi connectivity index (χ0n) is 16.7. The smallest absolute Gasteiger partial charge is 0.256 e. The van der Waals surface area contributed by atoms with E-state index in [0.29, 0.717) is 30.0 Å². The first-order valence-corrected chi connectivity index (χ1v) is 10.9. The molecule has 0 radical (unpaired) electrons. The third kappa shape index (κ3) is 4.56. The molecule has 0 spiro atoms. The lowest BCUT2D eigenvalue weighted by Gasteiger charge is -2.16. The molecule has 1 saturated heterocycles. The molecule has 2 aromatic rings. The van der Waals surface area contributed by atoms with Gasteiger partial charge in [0.1, 0.15) is 11.4 Å². The predicted molar refractivity (Wildman–Crippen MR) is 115 cm³/mol. The van der Waals surface area contributed by atoms with Crippen molar-refractivity contribution in [1.82, 2.24) is 20.0 Å². The van der Waals surface area contributed by atoms with E-state index in [-0.39, 0.29) is 29.6 Å². The first-order valence-electron chi connectivity index (χ1n) is 10.1. The van der Waals surface area contributed by atoms with Crippen molar-refractivity contribution < 1.29 is 14.4 Å². The Hall–Kier alpha value is -2.68. The fourth-order valence-corrected chi connectivity index (χ4v) is 3.92. The Morgan fingerprint density at radius 2 is 1.87 bits per heavy atom. The minimum atomic E-state index is -0.315. The highest BCUT2D eigenvalue weighted by Crippen LogP contribution is 2.32. The molecule has 3 amide bonds. The molecule has 9 heteroatoms. The summed E-state index contributed by atoms with van der Waals surface area (Å²) in [7, 11) is 1.67. The average Bonchev–Trinajstić information content (AvgIpc) is 3.38. The molecule has 30 heavy (non-hydrogen) atoms. The number of aryl methyl sites for hydroxylation is 1. The minimum Gasteiger partial charge on any atom is -0.352 e. The van der Waals surface area contributed by atoms with Crippen LogP contribution in [-0.4, -0.2) is 52.0 Å². The lowest BCUT2D eigenvalue weighted by Crippen LogP contribution is -2.33. The summed E-state index contributed by atoms with van der Waals surface area (Å²) >= 11 is 3.34. The number of carbonyl (C=O) groups excluding carboxylic acids is 3. The summed E-state index contributed by atoms with van der Waals surface area (Å²) in [6, 6.07) is 6.96. The van der Waals surface area contributed by atoms with Crippen molar-refractivity contribution in [3.05, 3.63) is 46.1 Å². The van der Waals surface area contributed by atoms with Crippen LogP contribution in [-0.2, 0) is 11.8 Å². The summed E-state index contributed by atoms with van der Waals surface area (Å²) in [5.74, 6) is 0.470. The second-order valence-electron chi connectivity index (χ2n) is 7.91. The number of carbonyl (C=O) groups is 3. The maximum Gasteiger partial charge on any atom is 0.256 e. The van der Waals surface area contributed by atoms with Crippen LogP contribution in [0.5, 0.6) is 0 Å². The highest BCUT2D eigenvalue weighted by Gasteiger charge is 2.36. The van der Waals surface area contributed by atoms with Crippen molar-refractivity contribution in [2.24, 2.45) is 18.9 Å². The Morgan fingerprint density at radius 1 is 1.13 bits per heavy atom. The van der Waals surface area contributed by atoms with Gasteiger partial charge in [-0.1, -0.05) is 15.9 Å². The lowest BCUT2D eigenvalue weighted by molar-refractivity contribution is -0.131. The van der Waals surface area contributed by atoms with E-state index in [2.05, 4.69) is 31.7 Å². The van der Waals surface area contributed by atoms with E-state index in [0.717, 1.165) is 30.3 Å². The van der Waals surface area contributed by atoms with Crippen molar-refractivity contribution >= 4 is 39.5 Å². The molecule has 1 atom stereocenters. The summed E-state index contributed by atoms with van der Waals surface area (Å²) in [5, 5.41) is 9.83. The number of amides is 3. The number of nitrogens with zero attached hydrogens (tertiary/aromatic N) is 3. The SMILES string of the molecule is Cn1ncc(C(=O)NC[C@@H]2CCN(C(=O)C3CC3)C2)c1NC(=O)c1ccc(Br)cc1. The maximum atomic E-state index is 12.7. The van der Waals surface area contributed by atoms with Gasteiger partial charge in [-0.15, -0.1) is 0 Å². The van der Waals surface area contributed by atoms with E-state index in [1.807, 2.05) is 4.90 Å². The van der Waals surface area contributed by atoms with E-state index in [4.69, 9.17) is 0 Å². The number of anilines is 1. The zero-order chi connectivity index (χ0) is 21.3. The summed E-state index contributed by atoms with van der Waals surface area (Å²) in [4.78, 5) is 39.4. The Kier molecular flexibility index (Phi) is 5.90. The molecule has 2 fully saturated rings. The van der Waals surface area contributed by atoms with Crippen LogP contribution in [0.2, 0.25) is 0 Å². The highest BCUT2D eigenvalue weighted by molar-refractivity contribution is 9.10. The molecule has 1 aliphatic heterocycles. The van der Waals surface area contributed by atoms with Gasteiger partial charge in [-0.05, 0) is 49.4 Å². The summed E-state index contributed by atoms with van der Waals surface area (Å²) in [6.45, 7) is 1.94. The average molecular weight is 474 g/mol. The number of nitrogens with one attached hydrogen (secondary N) is 2. The molecule has 4 rings (SSSR count). The minimum absolute atomic E-state index is 0.227. The molecule has 2 N–H and O–H groups in total. The van der Waals surface area contributed by atoms with Gasteiger partial charge in [0.25, 0.3) is 11.8 Å². The van der Waals surface area contributed by atoms with Crippen LogP contribution in [0.25, 0.3) is 0 Å². The predicted octanol–water partition coefficient (Wildman–Crippen LogP) is 2.42. The molecule has 1 aromatic carbocycles. The van der Waals surface area contributed by atoms with Gasteiger partial charge in [0, 0.05) is 42.6 Å². The Balaban J connectivity index is 1.35. The van der Waals surface area contributed by atoms with Gasteiger partial charge < -0.3 is 15.5 Å². The van der Waals surface area contributed by atoms with Crippen molar-refractivity contribution in [3.8, 4) is 0 Å². The second kappa shape index (κ2) is 8.59. The van der Waals surface area contributed by atoms with E-state index in [1.54, 1.807) is 31.3 Å². The Bertz CT molecular complexity index is 968. The highest BCUT2D eigenvalue weighted by atomic mass is 79.9. The van der Waals surface area contributed by atoms with Crippen LogP contribution in [0.4, 0.5) is 5.82 Å². The van der Waals surface area contributed by atoms with E-state index < -0.39 is 0 Å². The number of rotatable bonds is 6. The van der Waals surface area contributed by atoms with E-state index in [1.165, 1.54) is 10.9 Å². The largest absolute Gasteiger partial charge is 0.352 e. The summed E-state index contributed by atoms with van der Waals surface area (Å²) in [6.07, 6.45) is 4.35. The van der Waals surface area contributed by atoms with Gasteiger partial charge in [-0.3, -0.25) is 19.1 Å². The number of aromatic nitrogens is 2. The quantitative estimate of drug-likeness (QED) is 0.672. The topological polar surface area (TPSA) is 96.3 Å². The number of hydrogen-bond acceptors (Lipinski definition) is 4. The Morgan fingerprint density at radius 3 is 2.57 bits per heavy atom. The number of likely N-dealkylation sites (tertiary alicyclic amines) is 1. The first-order chi connectivity index (χ1) is 14.4. The molecule has 1 aliphatic carbocycles. The molecule has 2 heterocycles. The zero-order valence-corrected chi connectivity index (χ0v) is 18.3. The standard InChI is InChI=1S/C21H24BrN5O3/c1-26-18(25-19(28)14-4-6-16(22)7-5-14)17(11-24-26)20(29)23-10-13-8-9-27(12-13)21(30)15-2-3-15/h4-7,11,13,15H,2-3,8-10,12H2,1H3,(H,23,29)(H,25,28)/t13-/m0/s1. The number of hydrogen-bond donors (Lipinski definition) is 2. The monoisotopic (exact) mass is 473 g/mol. The van der Waals surface area contributed by atoms with Gasteiger partial charge in [-0.25, -0.2) is 0 Å². The third-order valence-corrected chi connectivity index (χ3v) is 6.13. The van der Waals surface area contributed by atoms with E-state index in [9.17, 15) is 14.4 Å². The van der Waals surface area contributed by atoms with E-state index >= 15 is 0 Å². The van der Waals surface area contributed by atoms with Crippen LogP contribution in [0.3, 0.4) is 0 Å². The van der Waals surface area contributed by atoms with Crippen LogP contribution >= 0.6 is 15.9 Å². The molecular formula is C21H24BrN5O3. The normalized spacial score (nSPS) is 18.3. The van der Waals surface area contributed by atoms with Crippen LogP contribution in [0.1, 0.15) is 40.0 Å². The molecular weight excluding hydrogens is 450 g/mol. The van der Waals surface area contributed by atoms with Gasteiger partial charge in [0.05, 0.1) is 6.20 Å². The molecule has 2 aliphatic rings. The summed E-state index contributed by atoms with van der Waals surface area (Å²) < 4.78 is 2.35. The van der Waals surface area contributed by atoms with Gasteiger partial charge in [0.15, 0.2) is 0 Å². The molecule has 0 unspecified atom stereocenters. The number of halogens is 1. The van der Waals surface area contributed by atoms with Gasteiger partial charge >= 0.3 is 0 Å². The van der Waals surface area contributed by atoms with Crippen molar-refractivity contribution in [1.29, 1.82) is 0 Å². The fraction of sp³-hybridized carbons (Fsp3) is 0.429. The second-order valence-corrected chi connectivity index (χ2v) is 8.83. The lowest BCUT2D eigenvalue weighted by atomic mass is 10.1. The van der Waals surface area contributed by atoms with Crippen LogP contribution in [0, 0.1) is 11.8 Å². The molecule has 1 saturated carbocycles. The molecule has 1 aromatic heterocycles. The van der Waals surface area contributed by atoms with Crippen LogP contribution in [0.15, 0.2) is 34.9 Å². The van der Waals surface area contributed by atoms with Gasteiger partial charge in [0.2, 0.25) is 5.91 Å². The van der Waals surface area contributed by atoms with Gasteiger partial charge in [-0.2, -0.15) is 5.10 Å². The van der Waals surface area contributed by atoms with Crippen LogP contribution < -0.4 is 10.6 Å². The Labute approximate surface area is 183 Å². The molecule has 8 nitrogen and oxygen atoms in total. The van der Waals surface area contributed by atoms with Crippen molar-refractivity contribution in [3.63, 3.8) is 0 Å². The first kappa shape index (κ1) is 20.6.